The number of aromatic nitrogens is 5. The van der Waals surface area contributed by atoms with Crippen molar-refractivity contribution in [3.63, 3.8) is 0 Å². The Morgan fingerprint density at radius 2 is 1.87 bits per heavy atom. The van der Waals surface area contributed by atoms with Crippen LogP contribution in [-0.2, 0) is 6.42 Å². The SMILES string of the molecule is Nc1nc(Nc2ccc(N3CC[C@H]4CCCC[C@@H]4C3)c(F)c2)nn1-c1cc2c(nn1)-c1ccccc1SCC2. The molecule has 2 aliphatic heterocycles. The number of nitrogens with zero attached hydrogens (tertiary/aromatic N) is 6. The second-order valence-electron chi connectivity index (χ2n) is 10.7. The van der Waals surface area contributed by atoms with E-state index in [1.807, 2.05) is 42.1 Å². The predicted octanol–water partition coefficient (Wildman–Crippen LogP) is 5.85. The lowest BCUT2D eigenvalue weighted by Gasteiger charge is -2.42. The van der Waals surface area contributed by atoms with Crippen molar-refractivity contribution < 1.29 is 4.39 Å². The Hall–Kier alpha value is -3.66. The molecule has 0 radical (unpaired) electrons. The molecule has 0 unspecified atom stereocenters. The third kappa shape index (κ3) is 4.71. The second-order valence-corrected chi connectivity index (χ2v) is 11.8. The van der Waals surface area contributed by atoms with Crippen LogP contribution >= 0.6 is 11.8 Å². The van der Waals surface area contributed by atoms with Crippen molar-refractivity contribution in [2.45, 2.75) is 43.4 Å². The molecule has 7 rings (SSSR count). The second kappa shape index (κ2) is 10.1. The fourth-order valence-corrected chi connectivity index (χ4v) is 7.37. The zero-order valence-electron chi connectivity index (χ0n) is 21.7. The summed E-state index contributed by atoms with van der Waals surface area (Å²) in [6.45, 7) is 1.86. The van der Waals surface area contributed by atoms with Crippen LogP contribution < -0.4 is 16.0 Å². The predicted molar refractivity (Wildman–Crippen MR) is 153 cm³/mol. The highest BCUT2D eigenvalue weighted by Gasteiger charge is 2.32. The van der Waals surface area contributed by atoms with E-state index in [0.717, 1.165) is 54.4 Å². The van der Waals surface area contributed by atoms with Crippen LogP contribution in [0.4, 0.5) is 27.7 Å². The van der Waals surface area contributed by atoms with Gasteiger partial charge in [-0.25, -0.2) is 4.39 Å². The van der Waals surface area contributed by atoms with E-state index < -0.39 is 0 Å². The summed E-state index contributed by atoms with van der Waals surface area (Å²) in [5, 5.41) is 16.6. The molecule has 8 nitrogen and oxygen atoms in total. The van der Waals surface area contributed by atoms with Gasteiger partial charge < -0.3 is 16.0 Å². The van der Waals surface area contributed by atoms with Gasteiger partial charge in [0.05, 0.1) is 11.4 Å². The fourth-order valence-electron chi connectivity index (χ4n) is 6.33. The normalized spacial score (nSPS) is 20.5. The van der Waals surface area contributed by atoms with Crippen LogP contribution in [0.5, 0.6) is 0 Å². The smallest absolute Gasteiger partial charge is 0.248 e. The van der Waals surface area contributed by atoms with Gasteiger partial charge in [-0.05, 0) is 67.0 Å². The molecule has 2 aromatic carbocycles. The van der Waals surface area contributed by atoms with E-state index in [1.165, 1.54) is 41.3 Å². The molecule has 10 heteroatoms. The maximum atomic E-state index is 15.2. The molecule has 0 spiro atoms. The minimum Gasteiger partial charge on any atom is -0.369 e. The Bertz CT molecular complexity index is 1520. The van der Waals surface area contributed by atoms with Crippen molar-refractivity contribution in [3.05, 3.63) is 59.9 Å². The number of aryl methyl sites for hydroxylation is 1. The summed E-state index contributed by atoms with van der Waals surface area (Å²) >= 11 is 1.82. The molecule has 39 heavy (non-hydrogen) atoms. The van der Waals surface area contributed by atoms with Gasteiger partial charge in [0.25, 0.3) is 0 Å². The van der Waals surface area contributed by atoms with Gasteiger partial charge in [0, 0.05) is 35.0 Å². The van der Waals surface area contributed by atoms with Gasteiger partial charge in [-0.2, -0.15) is 9.67 Å². The Morgan fingerprint density at radius 1 is 1.00 bits per heavy atom. The molecule has 0 amide bonds. The van der Waals surface area contributed by atoms with Crippen LogP contribution in [0.25, 0.3) is 17.1 Å². The van der Waals surface area contributed by atoms with Crippen molar-refractivity contribution in [1.82, 2.24) is 25.0 Å². The molecule has 0 bridgehead atoms. The van der Waals surface area contributed by atoms with Crippen molar-refractivity contribution in [2.75, 3.05) is 34.8 Å². The molecule has 200 valence electrons. The molecule has 1 saturated carbocycles. The zero-order valence-corrected chi connectivity index (χ0v) is 22.5. The van der Waals surface area contributed by atoms with Crippen molar-refractivity contribution in [2.24, 2.45) is 11.8 Å². The van der Waals surface area contributed by atoms with E-state index in [-0.39, 0.29) is 17.7 Å². The molecule has 3 aliphatic rings. The average molecular weight is 543 g/mol. The van der Waals surface area contributed by atoms with Crippen molar-refractivity contribution >= 4 is 35.0 Å². The summed E-state index contributed by atoms with van der Waals surface area (Å²) in [5.41, 5.74) is 10.5. The third-order valence-corrected chi connectivity index (χ3v) is 9.39. The number of benzene rings is 2. The van der Waals surface area contributed by atoms with Gasteiger partial charge in [0.2, 0.25) is 11.9 Å². The molecule has 1 saturated heterocycles. The number of halogens is 1. The first-order valence-electron chi connectivity index (χ1n) is 13.8. The lowest BCUT2D eigenvalue weighted by Crippen LogP contribution is -2.42. The van der Waals surface area contributed by atoms with Crippen molar-refractivity contribution in [3.8, 4) is 17.1 Å². The number of hydrogen-bond donors (Lipinski definition) is 2. The Labute approximate surface area is 231 Å². The van der Waals surface area contributed by atoms with Gasteiger partial charge >= 0.3 is 0 Å². The van der Waals surface area contributed by atoms with Crippen molar-refractivity contribution in [1.29, 1.82) is 0 Å². The summed E-state index contributed by atoms with van der Waals surface area (Å²) in [5.74, 6) is 3.17. The van der Waals surface area contributed by atoms with E-state index in [4.69, 9.17) is 5.73 Å². The topological polar surface area (TPSA) is 97.8 Å². The number of nitrogens with one attached hydrogen (secondary N) is 1. The molecule has 4 aromatic rings. The Morgan fingerprint density at radius 3 is 2.77 bits per heavy atom. The Balaban J connectivity index is 1.10. The molecule has 1 aliphatic carbocycles. The van der Waals surface area contributed by atoms with Gasteiger partial charge in [-0.3, -0.25) is 0 Å². The number of fused-ring (bicyclic) bond motifs is 4. The van der Waals surface area contributed by atoms with Crippen LogP contribution in [0, 0.1) is 17.7 Å². The lowest BCUT2D eigenvalue weighted by atomic mass is 9.75. The molecule has 2 aromatic heterocycles. The van der Waals surface area contributed by atoms with E-state index in [2.05, 4.69) is 42.6 Å². The van der Waals surface area contributed by atoms with E-state index in [1.54, 1.807) is 0 Å². The highest BCUT2D eigenvalue weighted by Crippen LogP contribution is 2.39. The lowest BCUT2D eigenvalue weighted by molar-refractivity contribution is 0.202. The van der Waals surface area contributed by atoms with Gasteiger partial charge in [-0.15, -0.1) is 27.1 Å². The fraction of sp³-hybridized carbons (Fsp3) is 0.379. The number of nitrogen functional groups attached to an aromatic ring is 1. The number of thioether (sulfide) groups is 1. The van der Waals surface area contributed by atoms with Gasteiger partial charge in [0.15, 0.2) is 5.82 Å². The summed E-state index contributed by atoms with van der Waals surface area (Å²) in [6.07, 6.45) is 7.25. The monoisotopic (exact) mass is 542 g/mol. The first kappa shape index (κ1) is 24.4. The first-order chi connectivity index (χ1) is 19.1. The number of anilines is 4. The van der Waals surface area contributed by atoms with E-state index in [0.29, 0.717) is 23.1 Å². The number of rotatable bonds is 4. The first-order valence-corrected chi connectivity index (χ1v) is 14.7. The highest BCUT2D eigenvalue weighted by atomic mass is 32.2. The van der Waals surface area contributed by atoms with Crippen LogP contribution in [0.2, 0.25) is 0 Å². The molecule has 2 atom stereocenters. The quantitative estimate of drug-likeness (QED) is 0.331. The Kier molecular flexibility index (Phi) is 6.34. The van der Waals surface area contributed by atoms with Gasteiger partial charge in [-0.1, -0.05) is 37.5 Å². The van der Waals surface area contributed by atoms with Crippen LogP contribution in [0.15, 0.2) is 53.4 Å². The van der Waals surface area contributed by atoms with Crippen LogP contribution in [0.3, 0.4) is 0 Å². The average Bonchev–Trinajstić information content (AvgIpc) is 3.21. The largest absolute Gasteiger partial charge is 0.369 e. The molecule has 2 fully saturated rings. The summed E-state index contributed by atoms with van der Waals surface area (Å²) in [4.78, 5) is 7.77. The number of hydrogen-bond acceptors (Lipinski definition) is 8. The number of piperidine rings is 1. The van der Waals surface area contributed by atoms with Crippen LogP contribution in [0.1, 0.15) is 37.7 Å². The maximum Gasteiger partial charge on any atom is 0.248 e. The number of nitrogens with two attached hydrogens (primary N) is 1. The van der Waals surface area contributed by atoms with E-state index >= 15 is 4.39 Å². The minimum atomic E-state index is -0.239. The maximum absolute atomic E-state index is 15.2. The molecular weight excluding hydrogens is 511 g/mol. The molecule has 3 N–H and O–H groups in total. The molecule has 4 heterocycles. The van der Waals surface area contributed by atoms with Gasteiger partial charge in [0.1, 0.15) is 5.82 Å². The molecular formula is C29H31FN8S. The minimum absolute atomic E-state index is 0.183. The summed E-state index contributed by atoms with van der Waals surface area (Å²) < 4.78 is 16.7. The standard InChI is InChI=1S/C29H31FN8S/c30-23-16-21(9-10-24(23)37-13-11-18-5-1-2-6-20(18)17-37)32-29-33-28(31)38(36-29)26-15-19-12-14-39-25-8-4-3-7-22(25)27(19)35-34-26/h3-4,7-10,15-16,18,20H,1-2,5-6,11-14,17H2,(H3,31,32,33,36)/t18-,20-/m1/s1. The van der Waals surface area contributed by atoms with E-state index in [9.17, 15) is 0 Å². The third-order valence-electron chi connectivity index (χ3n) is 8.32. The highest BCUT2D eigenvalue weighted by molar-refractivity contribution is 7.99. The summed E-state index contributed by atoms with van der Waals surface area (Å²) in [7, 11) is 0. The summed E-state index contributed by atoms with van der Waals surface area (Å²) in [6, 6.07) is 15.5. The van der Waals surface area contributed by atoms with Crippen LogP contribution in [-0.4, -0.2) is 43.8 Å². The zero-order chi connectivity index (χ0) is 26.3.